The minimum absolute atomic E-state index is 0.121. The van der Waals surface area contributed by atoms with Gasteiger partial charge in [0.25, 0.3) is 0 Å². The summed E-state index contributed by atoms with van der Waals surface area (Å²) >= 11 is 3.42. The Morgan fingerprint density at radius 2 is 2.29 bits per heavy atom. The van der Waals surface area contributed by atoms with Crippen molar-refractivity contribution in [2.45, 2.75) is 32.6 Å². The summed E-state index contributed by atoms with van der Waals surface area (Å²) in [5.74, 6) is -0.283. The average Bonchev–Trinajstić information content (AvgIpc) is 2.30. The number of nitriles is 1. The molecule has 0 aliphatic rings. The van der Waals surface area contributed by atoms with Crippen LogP contribution in [0.4, 0.5) is 5.69 Å². The van der Waals surface area contributed by atoms with Crippen LogP contribution in [0.1, 0.15) is 31.7 Å². The molecule has 0 unspecified atom stereocenters. The lowest BCUT2D eigenvalue weighted by molar-refractivity contribution is -0.115. The fraction of sp³-hybridized carbons (Fsp3) is 0.385. The van der Waals surface area contributed by atoms with E-state index in [0.29, 0.717) is 5.69 Å². The summed E-state index contributed by atoms with van der Waals surface area (Å²) < 4.78 is 0.859. The third-order valence-electron chi connectivity index (χ3n) is 2.37. The predicted octanol–water partition coefficient (Wildman–Crippen LogP) is 3.64. The van der Waals surface area contributed by atoms with Crippen LogP contribution in [-0.2, 0) is 11.2 Å². The second-order valence-electron chi connectivity index (χ2n) is 3.80. The number of benzene rings is 1. The number of hydrogen-bond donors (Lipinski definition) is 1. The molecule has 4 heteroatoms. The normalized spacial score (nSPS) is 9.71. The van der Waals surface area contributed by atoms with E-state index in [1.165, 1.54) is 5.56 Å². The molecular formula is C13H15BrN2O. The fourth-order valence-electron chi connectivity index (χ4n) is 1.46. The number of hydrogen-bond acceptors (Lipinski definition) is 2. The Morgan fingerprint density at radius 1 is 1.53 bits per heavy atom. The molecular weight excluding hydrogens is 280 g/mol. The standard InChI is InChI=1S/C13H15BrN2O/c1-2-3-4-10-5-6-12(11(14)9-10)16-13(17)7-8-15/h5-6,9H,2-4,7H2,1H3,(H,16,17). The van der Waals surface area contributed by atoms with Gasteiger partial charge < -0.3 is 5.32 Å². The fourth-order valence-corrected chi connectivity index (χ4v) is 1.99. The van der Waals surface area contributed by atoms with Gasteiger partial charge in [0, 0.05) is 4.47 Å². The molecule has 0 bridgehead atoms. The molecule has 0 fully saturated rings. The molecule has 1 aromatic carbocycles. The first-order chi connectivity index (χ1) is 8.17. The van der Waals surface area contributed by atoms with Gasteiger partial charge in [-0.2, -0.15) is 5.26 Å². The first kappa shape index (κ1) is 13.7. The summed E-state index contributed by atoms with van der Waals surface area (Å²) in [7, 11) is 0. The highest BCUT2D eigenvalue weighted by Gasteiger charge is 2.05. The van der Waals surface area contributed by atoms with E-state index in [2.05, 4.69) is 28.2 Å². The van der Waals surface area contributed by atoms with Gasteiger partial charge in [-0.25, -0.2) is 0 Å². The van der Waals surface area contributed by atoms with Crippen LogP contribution in [0.25, 0.3) is 0 Å². The van der Waals surface area contributed by atoms with Gasteiger partial charge in [-0.05, 0) is 46.5 Å². The molecule has 0 saturated carbocycles. The topological polar surface area (TPSA) is 52.9 Å². The number of anilines is 1. The number of carbonyl (C=O) groups is 1. The summed E-state index contributed by atoms with van der Waals surface area (Å²) in [5.41, 5.74) is 1.96. The lowest BCUT2D eigenvalue weighted by Crippen LogP contribution is -2.10. The van der Waals surface area contributed by atoms with Crippen molar-refractivity contribution in [1.82, 2.24) is 0 Å². The summed E-state index contributed by atoms with van der Waals surface area (Å²) in [6, 6.07) is 7.70. The Hall–Kier alpha value is -1.34. The van der Waals surface area contributed by atoms with Crippen LogP contribution in [0.3, 0.4) is 0 Å². The molecule has 0 atom stereocenters. The van der Waals surface area contributed by atoms with Crippen LogP contribution < -0.4 is 5.32 Å². The highest BCUT2D eigenvalue weighted by atomic mass is 79.9. The Morgan fingerprint density at radius 3 is 2.88 bits per heavy atom. The first-order valence-corrected chi connectivity index (χ1v) is 6.42. The Kier molecular flexibility index (Phi) is 5.71. The zero-order chi connectivity index (χ0) is 12.7. The largest absolute Gasteiger partial charge is 0.324 e. The van der Waals surface area contributed by atoms with Gasteiger partial charge >= 0.3 is 0 Å². The number of carbonyl (C=O) groups excluding carboxylic acids is 1. The molecule has 0 heterocycles. The highest BCUT2D eigenvalue weighted by molar-refractivity contribution is 9.10. The predicted molar refractivity (Wildman–Crippen MR) is 71.6 cm³/mol. The van der Waals surface area contributed by atoms with Crippen LogP contribution in [0.15, 0.2) is 22.7 Å². The van der Waals surface area contributed by atoms with Crippen molar-refractivity contribution < 1.29 is 4.79 Å². The van der Waals surface area contributed by atoms with Crippen LogP contribution >= 0.6 is 15.9 Å². The Bertz CT molecular complexity index is 438. The molecule has 0 saturated heterocycles. The van der Waals surface area contributed by atoms with Crippen molar-refractivity contribution >= 4 is 27.5 Å². The Balaban J connectivity index is 2.69. The van der Waals surface area contributed by atoms with Gasteiger partial charge in [0.15, 0.2) is 0 Å². The molecule has 1 rings (SSSR count). The van der Waals surface area contributed by atoms with Crippen LogP contribution in [-0.4, -0.2) is 5.91 Å². The van der Waals surface area contributed by atoms with Crippen molar-refractivity contribution in [1.29, 1.82) is 5.26 Å². The summed E-state index contributed by atoms with van der Waals surface area (Å²) in [6.07, 6.45) is 3.25. The highest BCUT2D eigenvalue weighted by Crippen LogP contribution is 2.24. The zero-order valence-corrected chi connectivity index (χ0v) is 11.4. The van der Waals surface area contributed by atoms with Crippen molar-refractivity contribution in [2.75, 3.05) is 5.32 Å². The first-order valence-electron chi connectivity index (χ1n) is 5.62. The lowest BCUT2D eigenvalue weighted by Gasteiger charge is -2.08. The summed E-state index contributed by atoms with van der Waals surface area (Å²) in [4.78, 5) is 11.3. The molecule has 1 amide bonds. The van der Waals surface area contributed by atoms with Gasteiger partial charge in [-0.15, -0.1) is 0 Å². The molecule has 0 aromatic heterocycles. The minimum atomic E-state index is -0.283. The van der Waals surface area contributed by atoms with Gasteiger partial charge in [-0.3, -0.25) is 4.79 Å². The maximum absolute atomic E-state index is 11.3. The lowest BCUT2D eigenvalue weighted by atomic mass is 10.1. The molecule has 0 aliphatic heterocycles. The third kappa shape index (κ3) is 4.58. The van der Waals surface area contributed by atoms with Crippen molar-refractivity contribution in [3.63, 3.8) is 0 Å². The number of unbranched alkanes of at least 4 members (excludes halogenated alkanes) is 1. The summed E-state index contributed by atoms with van der Waals surface area (Å²) in [6.45, 7) is 2.16. The average molecular weight is 295 g/mol. The SMILES string of the molecule is CCCCc1ccc(NC(=O)CC#N)c(Br)c1. The van der Waals surface area contributed by atoms with E-state index in [0.717, 1.165) is 23.7 Å². The van der Waals surface area contributed by atoms with Crippen molar-refractivity contribution in [2.24, 2.45) is 0 Å². The van der Waals surface area contributed by atoms with E-state index in [9.17, 15) is 4.79 Å². The second-order valence-corrected chi connectivity index (χ2v) is 4.66. The van der Waals surface area contributed by atoms with Gasteiger partial charge in [-0.1, -0.05) is 19.4 Å². The van der Waals surface area contributed by atoms with E-state index in [-0.39, 0.29) is 12.3 Å². The zero-order valence-electron chi connectivity index (χ0n) is 9.79. The van der Waals surface area contributed by atoms with Gasteiger partial charge in [0.05, 0.1) is 11.8 Å². The molecule has 0 aliphatic carbocycles. The maximum atomic E-state index is 11.3. The van der Waals surface area contributed by atoms with E-state index < -0.39 is 0 Å². The van der Waals surface area contributed by atoms with Crippen LogP contribution in [0.5, 0.6) is 0 Å². The van der Waals surface area contributed by atoms with Crippen LogP contribution in [0, 0.1) is 11.3 Å². The van der Waals surface area contributed by atoms with Gasteiger partial charge in [0.2, 0.25) is 5.91 Å². The smallest absolute Gasteiger partial charge is 0.238 e. The monoisotopic (exact) mass is 294 g/mol. The molecule has 0 radical (unpaired) electrons. The maximum Gasteiger partial charge on any atom is 0.238 e. The van der Waals surface area contributed by atoms with Crippen molar-refractivity contribution in [3.05, 3.63) is 28.2 Å². The molecule has 1 N–H and O–H groups in total. The third-order valence-corrected chi connectivity index (χ3v) is 3.02. The quantitative estimate of drug-likeness (QED) is 0.901. The number of rotatable bonds is 5. The number of nitrogens with one attached hydrogen (secondary N) is 1. The molecule has 17 heavy (non-hydrogen) atoms. The van der Waals surface area contributed by atoms with Gasteiger partial charge in [0.1, 0.15) is 6.42 Å². The number of halogens is 1. The minimum Gasteiger partial charge on any atom is -0.324 e. The second kappa shape index (κ2) is 7.08. The molecule has 3 nitrogen and oxygen atoms in total. The van der Waals surface area contributed by atoms with Crippen molar-refractivity contribution in [3.8, 4) is 6.07 Å². The number of nitrogens with zero attached hydrogens (tertiary/aromatic N) is 1. The molecule has 0 spiro atoms. The molecule has 1 aromatic rings. The number of amides is 1. The van der Waals surface area contributed by atoms with E-state index in [4.69, 9.17) is 5.26 Å². The van der Waals surface area contributed by atoms with Crippen LogP contribution in [0.2, 0.25) is 0 Å². The van der Waals surface area contributed by atoms with E-state index >= 15 is 0 Å². The summed E-state index contributed by atoms with van der Waals surface area (Å²) in [5, 5.41) is 11.1. The Labute approximate surface area is 110 Å². The van der Waals surface area contributed by atoms with E-state index in [1.54, 1.807) is 0 Å². The van der Waals surface area contributed by atoms with E-state index in [1.807, 2.05) is 24.3 Å². The number of aryl methyl sites for hydroxylation is 1. The molecule has 90 valence electrons.